The molecule has 0 bridgehead atoms. The van der Waals surface area contributed by atoms with Gasteiger partial charge in [0, 0.05) is 5.54 Å². The minimum Gasteiger partial charge on any atom is -0.321 e. The zero-order chi connectivity index (χ0) is 19.3. The molecular formula is C25H45N. The first-order chi connectivity index (χ1) is 12.6. The Hall–Kier alpha value is -0.820. The molecule has 0 spiro atoms. The van der Waals surface area contributed by atoms with Crippen molar-refractivity contribution in [3.63, 3.8) is 0 Å². The lowest BCUT2D eigenvalue weighted by molar-refractivity contribution is 0.409. The molecule has 0 fully saturated rings. The quantitative estimate of drug-likeness (QED) is 0.319. The molecule has 2 N–H and O–H groups in total. The predicted molar refractivity (Wildman–Crippen MR) is 118 cm³/mol. The predicted octanol–water partition coefficient (Wildman–Crippen LogP) is 7.69. The van der Waals surface area contributed by atoms with Crippen molar-refractivity contribution in [1.29, 1.82) is 0 Å². The Kier molecular flexibility index (Phi) is 11.9. The molecule has 0 aliphatic heterocycles. The average Bonchev–Trinajstić information content (AvgIpc) is 2.68. The summed E-state index contributed by atoms with van der Waals surface area (Å²) in [6.07, 6.45) is 18.4. The molecule has 0 aliphatic rings. The molecule has 0 atom stereocenters. The minimum atomic E-state index is -0.154. The van der Waals surface area contributed by atoms with E-state index in [-0.39, 0.29) is 5.54 Å². The third-order valence-electron chi connectivity index (χ3n) is 6.22. The van der Waals surface area contributed by atoms with Gasteiger partial charge in [0.2, 0.25) is 0 Å². The molecule has 1 aromatic carbocycles. The number of aryl methyl sites for hydroxylation is 1. The minimum absolute atomic E-state index is 0.154. The zero-order valence-electron chi connectivity index (χ0n) is 18.2. The lowest BCUT2D eigenvalue weighted by Gasteiger charge is -2.31. The Labute approximate surface area is 164 Å². The van der Waals surface area contributed by atoms with Crippen LogP contribution in [0.3, 0.4) is 0 Å². The number of hydrogen-bond donors (Lipinski definition) is 1. The molecule has 0 heterocycles. The van der Waals surface area contributed by atoms with Gasteiger partial charge in [0.1, 0.15) is 0 Å². The summed E-state index contributed by atoms with van der Waals surface area (Å²) in [5.74, 6) is 0. The molecule has 0 unspecified atom stereocenters. The number of rotatable bonds is 15. The number of hydrogen-bond acceptors (Lipinski definition) is 1. The summed E-state index contributed by atoms with van der Waals surface area (Å²) in [7, 11) is 0. The van der Waals surface area contributed by atoms with E-state index in [4.69, 9.17) is 5.73 Å². The van der Waals surface area contributed by atoms with Crippen molar-refractivity contribution >= 4 is 0 Å². The normalized spacial score (nSPS) is 11.9. The van der Waals surface area contributed by atoms with Crippen LogP contribution in [0.15, 0.2) is 18.2 Å². The molecule has 0 aliphatic carbocycles. The Balaban J connectivity index is 2.41. The van der Waals surface area contributed by atoms with E-state index in [2.05, 4.69) is 45.9 Å². The fourth-order valence-corrected chi connectivity index (χ4v) is 4.19. The van der Waals surface area contributed by atoms with Crippen molar-refractivity contribution in [3.05, 3.63) is 34.9 Å². The highest BCUT2D eigenvalue weighted by Gasteiger charge is 2.26. The van der Waals surface area contributed by atoms with Crippen LogP contribution < -0.4 is 5.73 Å². The first kappa shape index (κ1) is 23.2. The van der Waals surface area contributed by atoms with E-state index in [0.29, 0.717) is 0 Å². The summed E-state index contributed by atoms with van der Waals surface area (Å²) in [6, 6.07) is 6.84. The molecule has 0 saturated heterocycles. The maximum Gasteiger partial charge on any atom is 0.0407 e. The highest BCUT2D eigenvalue weighted by atomic mass is 14.7. The summed E-state index contributed by atoms with van der Waals surface area (Å²) in [4.78, 5) is 0. The van der Waals surface area contributed by atoms with E-state index in [1.54, 1.807) is 5.56 Å². The van der Waals surface area contributed by atoms with Gasteiger partial charge in [-0.3, -0.25) is 0 Å². The lowest BCUT2D eigenvalue weighted by Crippen LogP contribution is -2.36. The molecule has 150 valence electrons. The van der Waals surface area contributed by atoms with Crippen molar-refractivity contribution in [2.24, 2.45) is 5.73 Å². The van der Waals surface area contributed by atoms with Gasteiger partial charge >= 0.3 is 0 Å². The highest BCUT2D eigenvalue weighted by Crippen LogP contribution is 2.31. The topological polar surface area (TPSA) is 26.0 Å². The van der Waals surface area contributed by atoms with Crippen LogP contribution in [0, 0.1) is 0 Å². The standard InChI is InChI=1S/C25H45N/c1-5-9-10-11-12-13-14-15-16-17-19-22-20-18-21-24(23(22)6-2)25(26,7-3)8-4/h18,20-21H,5-17,19,26H2,1-4H3. The fraction of sp³-hybridized carbons (Fsp3) is 0.760. The molecule has 1 nitrogen and oxygen atoms in total. The van der Waals surface area contributed by atoms with Gasteiger partial charge in [-0.05, 0) is 48.8 Å². The SMILES string of the molecule is CCCCCCCCCCCCc1cccc(C(N)(CC)CC)c1CC. The van der Waals surface area contributed by atoms with Crippen LogP contribution >= 0.6 is 0 Å². The van der Waals surface area contributed by atoms with Crippen LogP contribution in [0.2, 0.25) is 0 Å². The van der Waals surface area contributed by atoms with Crippen LogP contribution in [0.4, 0.5) is 0 Å². The monoisotopic (exact) mass is 359 g/mol. The summed E-state index contributed by atoms with van der Waals surface area (Å²) in [6.45, 7) is 9.01. The van der Waals surface area contributed by atoms with Crippen molar-refractivity contribution < 1.29 is 0 Å². The summed E-state index contributed by atoms with van der Waals surface area (Å²) in [5, 5.41) is 0. The second kappa shape index (κ2) is 13.4. The van der Waals surface area contributed by atoms with E-state index in [1.807, 2.05) is 0 Å². The summed E-state index contributed by atoms with van der Waals surface area (Å²) >= 11 is 0. The molecule has 0 radical (unpaired) electrons. The van der Waals surface area contributed by atoms with Crippen molar-refractivity contribution in [1.82, 2.24) is 0 Å². The second-order valence-electron chi connectivity index (χ2n) is 8.09. The van der Waals surface area contributed by atoms with Gasteiger partial charge in [-0.25, -0.2) is 0 Å². The summed E-state index contributed by atoms with van der Waals surface area (Å²) in [5.41, 5.74) is 11.0. The molecule has 1 aromatic rings. The Morgan fingerprint density at radius 2 is 1.27 bits per heavy atom. The molecule has 0 amide bonds. The molecule has 1 heteroatoms. The third kappa shape index (κ3) is 7.43. The molecule has 1 rings (SSSR count). The Morgan fingerprint density at radius 1 is 0.731 bits per heavy atom. The maximum absolute atomic E-state index is 6.72. The van der Waals surface area contributed by atoms with Gasteiger partial charge < -0.3 is 5.73 Å². The van der Waals surface area contributed by atoms with Crippen LogP contribution in [0.5, 0.6) is 0 Å². The van der Waals surface area contributed by atoms with Crippen molar-refractivity contribution in [2.45, 2.75) is 123 Å². The Morgan fingerprint density at radius 3 is 1.77 bits per heavy atom. The largest absolute Gasteiger partial charge is 0.321 e. The summed E-state index contributed by atoms with van der Waals surface area (Å²) < 4.78 is 0. The maximum atomic E-state index is 6.72. The highest BCUT2D eigenvalue weighted by molar-refractivity contribution is 5.40. The van der Waals surface area contributed by atoms with Gasteiger partial charge in [0.25, 0.3) is 0 Å². The van der Waals surface area contributed by atoms with Crippen LogP contribution in [-0.2, 0) is 18.4 Å². The van der Waals surface area contributed by atoms with E-state index < -0.39 is 0 Å². The fourth-order valence-electron chi connectivity index (χ4n) is 4.19. The van der Waals surface area contributed by atoms with Crippen molar-refractivity contribution in [2.75, 3.05) is 0 Å². The number of unbranched alkanes of at least 4 members (excludes halogenated alkanes) is 9. The Bertz CT molecular complexity index is 473. The van der Waals surface area contributed by atoms with E-state index in [9.17, 15) is 0 Å². The van der Waals surface area contributed by atoms with Crippen LogP contribution in [-0.4, -0.2) is 0 Å². The van der Waals surface area contributed by atoms with Crippen LogP contribution in [0.1, 0.15) is 121 Å². The van der Waals surface area contributed by atoms with Gasteiger partial charge in [-0.15, -0.1) is 0 Å². The third-order valence-corrected chi connectivity index (χ3v) is 6.22. The van der Waals surface area contributed by atoms with E-state index in [1.165, 1.54) is 81.8 Å². The van der Waals surface area contributed by atoms with Crippen molar-refractivity contribution in [3.8, 4) is 0 Å². The van der Waals surface area contributed by atoms with Gasteiger partial charge in [0.15, 0.2) is 0 Å². The smallest absolute Gasteiger partial charge is 0.0407 e. The number of benzene rings is 1. The van der Waals surface area contributed by atoms with E-state index >= 15 is 0 Å². The lowest BCUT2D eigenvalue weighted by atomic mass is 9.80. The number of nitrogens with two attached hydrogens (primary N) is 1. The molecule has 26 heavy (non-hydrogen) atoms. The average molecular weight is 360 g/mol. The second-order valence-corrected chi connectivity index (χ2v) is 8.09. The van der Waals surface area contributed by atoms with Gasteiger partial charge in [-0.1, -0.05) is 104 Å². The van der Waals surface area contributed by atoms with Gasteiger partial charge in [0.05, 0.1) is 0 Å². The molecule has 0 saturated carbocycles. The van der Waals surface area contributed by atoms with E-state index in [0.717, 1.165) is 19.3 Å². The zero-order valence-corrected chi connectivity index (χ0v) is 18.2. The molecular weight excluding hydrogens is 314 g/mol. The first-order valence-corrected chi connectivity index (χ1v) is 11.5. The van der Waals surface area contributed by atoms with Crippen LogP contribution in [0.25, 0.3) is 0 Å². The molecule has 0 aromatic heterocycles. The van der Waals surface area contributed by atoms with Gasteiger partial charge in [-0.2, -0.15) is 0 Å². The first-order valence-electron chi connectivity index (χ1n) is 11.5.